The lowest BCUT2D eigenvalue weighted by Crippen LogP contribution is -2.36. The van der Waals surface area contributed by atoms with E-state index < -0.39 is 29.6 Å². The highest BCUT2D eigenvalue weighted by molar-refractivity contribution is 6.10. The minimum atomic E-state index is -4.62. The Bertz CT molecular complexity index is 1430. The number of hydrogen-bond donors (Lipinski definition) is 1. The van der Waals surface area contributed by atoms with Gasteiger partial charge in [0.2, 0.25) is 0 Å². The molecule has 0 bridgehead atoms. The van der Waals surface area contributed by atoms with Gasteiger partial charge in [0.15, 0.2) is 5.69 Å². The van der Waals surface area contributed by atoms with E-state index in [0.29, 0.717) is 29.1 Å². The normalized spacial score (nSPS) is 15.1. The van der Waals surface area contributed by atoms with Crippen molar-refractivity contribution in [3.8, 4) is 0 Å². The summed E-state index contributed by atoms with van der Waals surface area (Å²) >= 11 is 0. The van der Waals surface area contributed by atoms with Gasteiger partial charge >= 0.3 is 6.18 Å². The summed E-state index contributed by atoms with van der Waals surface area (Å²) in [7, 11) is 1.70. The number of nitrogens with zero attached hydrogens (tertiary/aromatic N) is 6. The van der Waals surface area contributed by atoms with E-state index in [2.05, 4.69) is 20.3 Å². The van der Waals surface area contributed by atoms with Crippen LogP contribution in [0.25, 0.3) is 21.8 Å². The number of hydrogen-bond acceptors (Lipinski definition) is 6. The number of carbonyl (C=O) groups is 1. The van der Waals surface area contributed by atoms with Crippen LogP contribution in [0, 0.1) is 5.82 Å². The number of rotatable bonds is 4. The van der Waals surface area contributed by atoms with Crippen LogP contribution in [0.2, 0.25) is 0 Å². The summed E-state index contributed by atoms with van der Waals surface area (Å²) in [6.45, 7) is 1.63. The molecule has 0 aliphatic heterocycles. The Morgan fingerprint density at radius 2 is 1.94 bits per heavy atom. The van der Waals surface area contributed by atoms with Crippen molar-refractivity contribution in [1.82, 2.24) is 29.9 Å². The second kappa shape index (κ2) is 7.61. The third-order valence-electron chi connectivity index (χ3n) is 6.02. The first kappa shape index (κ1) is 22.0. The average molecular weight is 473 g/mol. The fraction of sp³-hybridized carbons (Fsp3) is 0.318. The number of amides is 1. The molecule has 1 fully saturated rings. The topological polar surface area (TPSA) is 103 Å². The highest BCUT2D eigenvalue weighted by Gasteiger charge is 2.39. The maximum atomic E-state index is 15.1. The lowest BCUT2D eigenvalue weighted by atomic mass is 10.0. The summed E-state index contributed by atoms with van der Waals surface area (Å²) in [6, 6.07) is 3.68. The minimum Gasteiger partial charge on any atom is -0.383 e. The number of nitrogen functional groups attached to an aromatic ring is 1. The molecule has 0 spiro atoms. The number of anilines is 1. The third-order valence-corrected chi connectivity index (χ3v) is 6.02. The number of fused-ring (bicyclic) bond motifs is 3. The molecule has 8 nitrogen and oxygen atoms in total. The highest BCUT2D eigenvalue weighted by atomic mass is 19.4. The van der Waals surface area contributed by atoms with Gasteiger partial charge < -0.3 is 10.6 Å². The van der Waals surface area contributed by atoms with E-state index >= 15 is 4.39 Å². The van der Waals surface area contributed by atoms with Crippen molar-refractivity contribution in [2.45, 2.75) is 38.0 Å². The maximum Gasteiger partial charge on any atom is 0.435 e. The molecule has 34 heavy (non-hydrogen) atoms. The Morgan fingerprint density at radius 3 is 2.56 bits per heavy atom. The summed E-state index contributed by atoms with van der Waals surface area (Å²) in [6.07, 6.45) is -1.68. The van der Waals surface area contributed by atoms with Crippen LogP contribution in [-0.4, -0.2) is 41.8 Å². The summed E-state index contributed by atoms with van der Waals surface area (Å²) in [5.41, 5.74) is 5.74. The van der Waals surface area contributed by atoms with E-state index in [0.717, 1.165) is 12.1 Å². The van der Waals surface area contributed by atoms with Gasteiger partial charge in [0.25, 0.3) is 5.91 Å². The zero-order valence-corrected chi connectivity index (χ0v) is 18.1. The lowest BCUT2D eigenvalue weighted by Gasteiger charge is -2.29. The van der Waals surface area contributed by atoms with Crippen LogP contribution in [0.4, 0.5) is 23.4 Å². The van der Waals surface area contributed by atoms with Crippen molar-refractivity contribution in [2.75, 3.05) is 5.73 Å². The Morgan fingerprint density at radius 1 is 1.21 bits per heavy atom. The molecule has 0 radical (unpaired) electrons. The molecule has 12 heteroatoms. The molecule has 0 saturated heterocycles. The predicted molar refractivity (Wildman–Crippen MR) is 115 cm³/mol. The van der Waals surface area contributed by atoms with Gasteiger partial charge in [0.1, 0.15) is 11.6 Å². The zero-order valence-electron chi connectivity index (χ0n) is 18.1. The average Bonchev–Trinajstić information content (AvgIpc) is 3.53. The molecule has 4 aromatic rings. The molecule has 1 amide bonds. The second-order valence-electron chi connectivity index (χ2n) is 8.34. The fourth-order valence-corrected chi connectivity index (χ4v) is 4.15. The maximum absolute atomic E-state index is 15.1. The quantitative estimate of drug-likeness (QED) is 0.449. The molecule has 176 valence electrons. The van der Waals surface area contributed by atoms with Crippen molar-refractivity contribution in [3.05, 3.63) is 53.2 Å². The van der Waals surface area contributed by atoms with Crippen LogP contribution in [0.3, 0.4) is 0 Å². The first-order valence-electron chi connectivity index (χ1n) is 10.5. The Hall–Kier alpha value is -3.83. The SMILES string of the molecule is CC(c1ccc(C(F)(F)F)nn1)N(C(=O)c1cc2c(cc1F)nc(N)c1cnn(C)c12)C1CC1. The zero-order chi connectivity index (χ0) is 24.4. The van der Waals surface area contributed by atoms with Crippen LogP contribution < -0.4 is 5.73 Å². The summed E-state index contributed by atoms with van der Waals surface area (Å²) in [5.74, 6) is -1.17. The highest BCUT2D eigenvalue weighted by Crippen LogP contribution is 2.37. The molecule has 1 unspecified atom stereocenters. The van der Waals surface area contributed by atoms with E-state index in [1.807, 2.05) is 0 Å². The van der Waals surface area contributed by atoms with Gasteiger partial charge in [0.05, 0.1) is 39.9 Å². The molecule has 1 atom stereocenters. The van der Waals surface area contributed by atoms with Gasteiger partial charge in [-0.15, -0.1) is 5.10 Å². The number of halogens is 4. The number of pyridine rings is 1. The Labute approximate surface area is 190 Å². The number of aromatic nitrogens is 5. The van der Waals surface area contributed by atoms with E-state index in [1.165, 1.54) is 17.0 Å². The molecule has 1 aliphatic carbocycles. The van der Waals surface area contributed by atoms with Gasteiger partial charge in [-0.05, 0) is 38.0 Å². The van der Waals surface area contributed by atoms with E-state index in [4.69, 9.17) is 5.73 Å². The van der Waals surface area contributed by atoms with E-state index in [1.54, 1.807) is 24.9 Å². The van der Waals surface area contributed by atoms with Crippen molar-refractivity contribution < 1.29 is 22.4 Å². The Kier molecular flexibility index (Phi) is 4.92. The van der Waals surface area contributed by atoms with Crippen LogP contribution >= 0.6 is 0 Å². The van der Waals surface area contributed by atoms with Crippen molar-refractivity contribution in [2.24, 2.45) is 7.05 Å². The molecule has 3 aromatic heterocycles. The van der Waals surface area contributed by atoms with Crippen LogP contribution in [-0.2, 0) is 13.2 Å². The molecule has 3 heterocycles. The first-order valence-corrected chi connectivity index (χ1v) is 10.5. The minimum absolute atomic E-state index is 0.178. The van der Waals surface area contributed by atoms with Crippen LogP contribution in [0.15, 0.2) is 30.5 Å². The number of alkyl halides is 3. The predicted octanol–water partition coefficient (Wildman–Crippen LogP) is 4.02. The number of carbonyl (C=O) groups excluding carboxylic acids is 1. The van der Waals surface area contributed by atoms with Crippen molar-refractivity contribution in [3.63, 3.8) is 0 Å². The molecule has 1 saturated carbocycles. The van der Waals surface area contributed by atoms with Crippen molar-refractivity contribution >= 4 is 33.5 Å². The summed E-state index contributed by atoms with van der Waals surface area (Å²) < 4.78 is 55.2. The first-order chi connectivity index (χ1) is 16.1. The molecule has 1 aliphatic rings. The van der Waals surface area contributed by atoms with Gasteiger partial charge in [-0.25, -0.2) is 9.37 Å². The standard InChI is InChI=1S/C22H19F4N7O/c1-10(16-5-6-18(31-30-16)22(24,25)26)33(11-3-4-11)21(34)12-7-13-17(8-15(12)23)29-20(27)14-9-28-32(2)19(13)14/h5-11H,3-4H2,1-2H3,(H2,27,29). The number of benzene rings is 1. The molecule has 1 aromatic carbocycles. The van der Waals surface area contributed by atoms with E-state index in [-0.39, 0.29) is 28.6 Å². The van der Waals surface area contributed by atoms with Gasteiger partial charge in [-0.1, -0.05) is 0 Å². The van der Waals surface area contributed by atoms with E-state index in [9.17, 15) is 18.0 Å². The largest absolute Gasteiger partial charge is 0.435 e. The number of aryl methyl sites for hydroxylation is 1. The Balaban J connectivity index is 1.57. The van der Waals surface area contributed by atoms with Gasteiger partial charge in [-0.3, -0.25) is 9.48 Å². The summed E-state index contributed by atoms with van der Waals surface area (Å²) in [5, 5.41) is 12.2. The van der Waals surface area contributed by atoms with Crippen LogP contribution in [0.1, 0.15) is 47.6 Å². The monoisotopic (exact) mass is 473 g/mol. The number of nitrogens with two attached hydrogens (primary N) is 1. The third kappa shape index (κ3) is 3.58. The summed E-state index contributed by atoms with van der Waals surface area (Å²) in [4.78, 5) is 19.2. The van der Waals surface area contributed by atoms with Gasteiger partial charge in [-0.2, -0.15) is 23.4 Å². The second-order valence-corrected chi connectivity index (χ2v) is 8.34. The molecular weight excluding hydrogens is 454 g/mol. The van der Waals surface area contributed by atoms with Gasteiger partial charge in [0, 0.05) is 24.5 Å². The molecule has 2 N–H and O–H groups in total. The molecule has 5 rings (SSSR count). The lowest BCUT2D eigenvalue weighted by molar-refractivity contribution is -0.141. The smallest absolute Gasteiger partial charge is 0.383 e. The molecular formula is C22H19F4N7O. The fourth-order valence-electron chi connectivity index (χ4n) is 4.15. The van der Waals surface area contributed by atoms with Crippen LogP contribution in [0.5, 0.6) is 0 Å². The van der Waals surface area contributed by atoms with Crippen molar-refractivity contribution in [1.29, 1.82) is 0 Å².